The van der Waals surface area contributed by atoms with Crippen molar-refractivity contribution in [2.24, 2.45) is 0 Å². The molecule has 1 aliphatic rings. The van der Waals surface area contributed by atoms with E-state index in [1.54, 1.807) is 48.4 Å². The second-order valence-electron chi connectivity index (χ2n) is 7.71. The smallest absolute Gasteiger partial charge is 0.254 e. The molecule has 5 rings (SSSR count). The maximum Gasteiger partial charge on any atom is 0.254 e. The van der Waals surface area contributed by atoms with Crippen molar-refractivity contribution in [1.29, 1.82) is 0 Å². The minimum Gasteiger partial charge on any atom is -0.324 e. The van der Waals surface area contributed by atoms with Crippen molar-refractivity contribution in [2.75, 3.05) is 0 Å². The first-order valence-corrected chi connectivity index (χ1v) is 11.3. The molecule has 1 aromatic carbocycles. The number of aromatic nitrogens is 5. The van der Waals surface area contributed by atoms with Crippen LogP contribution in [-0.4, -0.2) is 41.6 Å². The lowest BCUT2D eigenvalue weighted by Crippen LogP contribution is -2.40. The SMILES string of the molecule is C=Cc1cccc(C(=O)N2C(Cn3cccn3)C[C@H](c3cnccn3)[C@@H]2c2nccs2)c1. The summed E-state index contributed by atoms with van der Waals surface area (Å²) in [7, 11) is 0. The van der Waals surface area contributed by atoms with Crippen molar-refractivity contribution in [3.8, 4) is 0 Å². The highest BCUT2D eigenvalue weighted by Crippen LogP contribution is 2.47. The molecule has 1 fully saturated rings. The van der Waals surface area contributed by atoms with Gasteiger partial charge in [-0.25, -0.2) is 4.98 Å². The van der Waals surface area contributed by atoms with Crippen LogP contribution in [0.25, 0.3) is 6.08 Å². The Bertz CT molecular complexity index is 1190. The normalized spacial score (nSPS) is 20.4. The zero-order valence-corrected chi connectivity index (χ0v) is 18.2. The number of amides is 1. The fraction of sp³-hybridized carbons (Fsp3) is 0.208. The molecular formula is C24H22N6OS. The molecule has 8 heteroatoms. The molecule has 0 bridgehead atoms. The van der Waals surface area contributed by atoms with E-state index < -0.39 is 0 Å². The average Bonchev–Trinajstić information content (AvgIpc) is 3.61. The summed E-state index contributed by atoms with van der Waals surface area (Å²) in [5.41, 5.74) is 2.41. The highest BCUT2D eigenvalue weighted by atomic mass is 32.1. The summed E-state index contributed by atoms with van der Waals surface area (Å²) >= 11 is 1.56. The number of hydrogen-bond acceptors (Lipinski definition) is 6. The number of rotatable bonds is 6. The van der Waals surface area contributed by atoms with Crippen LogP contribution >= 0.6 is 11.3 Å². The Morgan fingerprint density at radius 1 is 1.19 bits per heavy atom. The van der Waals surface area contributed by atoms with Gasteiger partial charge in [-0.3, -0.25) is 19.4 Å². The van der Waals surface area contributed by atoms with E-state index in [4.69, 9.17) is 0 Å². The Labute approximate surface area is 190 Å². The highest BCUT2D eigenvalue weighted by Gasteiger charge is 2.47. The third-order valence-electron chi connectivity index (χ3n) is 5.83. The first kappa shape index (κ1) is 20.3. The van der Waals surface area contributed by atoms with Crippen LogP contribution < -0.4 is 0 Å². The summed E-state index contributed by atoms with van der Waals surface area (Å²) in [5.74, 6) is -0.0422. The van der Waals surface area contributed by atoms with Crippen molar-refractivity contribution in [1.82, 2.24) is 29.6 Å². The van der Waals surface area contributed by atoms with Gasteiger partial charge in [-0.1, -0.05) is 24.8 Å². The number of carbonyl (C=O) groups is 1. The van der Waals surface area contributed by atoms with Crippen LogP contribution in [0, 0.1) is 0 Å². The molecule has 7 nitrogen and oxygen atoms in total. The highest BCUT2D eigenvalue weighted by molar-refractivity contribution is 7.09. The van der Waals surface area contributed by atoms with Crippen LogP contribution in [-0.2, 0) is 6.54 Å². The summed E-state index contributed by atoms with van der Waals surface area (Å²) in [6.07, 6.45) is 13.1. The lowest BCUT2D eigenvalue weighted by Gasteiger charge is -2.31. The molecule has 1 amide bonds. The van der Waals surface area contributed by atoms with E-state index in [-0.39, 0.29) is 23.9 Å². The predicted octanol–water partition coefficient (Wildman–Crippen LogP) is 4.21. The van der Waals surface area contributed by atoms with Gasteiger partial charge in [0.25, 0.3) is 5.91 Å². The molecule has 0 saturated carbocycles. The van der Waals surface area contributed by atoms with Crippen molar-refractivity contribution in [3.63, 3.8) is 0 Å². The molecule has 3 aromatic heterocycles. The van der Waals surface area contributed by atoms with Gasteiger partial charge in [0.05, 0.1) is 24.3 Å². The lowest BCUT2D eigenvalue weighted by molar-refractivity contribution is 0.0640. The van der Waals surface area contributed by atoms with E-state index in [0.29, 0.717) is 12.1 Å². The topological polar surface area (TPSA) is 76.8 Å². The van der Waals surface area contributed by atoms with E-state index in [1.165, 1.54) is 0 Å². The van der Waals surface area contributed by atoms with Crippen molar-refractivity contribution < 1.29 is 4.79 Å². The van der Waals surface area contributed by atoms with Gasteiger partial charge in [0, 0.05) is 54.0 Å². The maximum absolute atomic E-state index is 13.9. The summed E-state index contributed by atoms with van der Waals surface area (Å²) in [4.78, 5) is 29.4. The third-order valence-corrected chi connectivity index (χ3v) is 6.67. The van der Waals surface area contributed by atoms with Crippen LogP contribution in [0.3, 0.4) is 0 Å². The molecule has 1 saturated heterocycles. The molecule has 4 aromatic rings. The van der Waals surface area contributed by atoms with Gasteiger partial charge in [0.15, 0.2) is 0 Å². The molecule has 32 heavy (non-hydrogen) atoms. The Balaban J connectivity index is 1.60. The van der Waals surface area contributed by atoms with Crippen LogP contribution in [0.4, 0.5) is 0 Å². The van der Waals surface area contributed by atoms with Gasteiger partial charge >= 0.3 is 0 Å². The van der Waals surface area contributed by atoms with Crippen molar-refractivity contribution >= 4 is 23.3 Å². The van der Waals surface area contributed by atoms with Crippen LogP contribution in [0.15, 0.2) is 79.5 Å². The second kappa shape index (κ2) is 8.84. The van der Waals surface area contributed by atoms with Crippen LogP contribution in [0.2, 0.25) is 0 Å². The van der Waals surface area contributed by atoms with E-state index in [2.05, 4.69) is 26.6 Å². The van der Waals surface area contributed by atoms with Gasteiger partial charge < -0.3 is 4.90 Å². The van der Waals surface area contributed by atoms with E-state index >= 15 is 0 Å². The molecule has 0 radical (unpaired) electrons. The zero-order valence-electron chi connectivity index (χ0n) is 17.4. The third kappa shape index (κ3) is 3.85. The molecule has 1 unspecified atom stereocenters. The molecule has 0 aliphatic carbocycles. The molecular weight excluding hydrogens is 420 g/mol. The molecule has 0 spiro atoms. The van der Waals surface area contributed by atoms with Gasteiger partial charge in [-0.2, -0.15) is 5.10 Å². The lowest BCUT2D eigenvalue weighted by atomic mass is 9.95. The first-order chi connectivity index (χ1) is 15.7. The Morgan fingerprint density at radius 2 is 2.12 bits per heavy atom. The Morgan fingerprint density at radius 3 is 2.84 bits per heavy atom. The average molecular weight is 443 g/mol. The predicted molar refractivity (Wildman–Crippen MR) is 123 cm³/mol. The van der Waals surface area contributed by atoms with Crippen molar-refractivity contribution in [2.45, 2.75) is 31.0 Å². The fourth-order valence-corrected chi connectivity index (χ4v) is 5.24. The molecule has 0 N–H and O–H groups in total. The van der Waals surface area contributed by atoms with Gasteiger partial charge in [0.2, 0.25) is 0 Å². The molecule has 160 valence electrons. The summed E-state index contributed by atoms with van der Waals surface area (Å²) in [5, 5.41) is 7.23. The zero-order chi connectivity index (χ0) is 21.9. The number of hydrogen-bond donors (Lipinski definition) is 0. The van der Waals surface area contributed by atoms with Crippen LogP contribution in [0.5, 0.6) is 0 Å². The quantitative estimate of drug-likeness (QED) is 0.447. The minimum atomic E-state index is -0.229. The minimum absolute atomic E-state index is 0.0121. The maximum atomic E-state index is 13.9. The van der Waals surface area contributed by atoms with Gasteiger partial charge in [-0.05, 0) is 30.2 Å². The molecule has 4 heterocycles. The summed E-state index contributed by atoms with van der Waals surface area (Å²) in [6.45, 7) is 4.44. The second-order valence-corrected chi connectivity index (χ2v) is 8.64. The monoisotopic (exact) mass is 442 g/mol. The van der Waals surface area contributed by atoms with Gasteiger partial charge in [-0.15, -0.1) is 11.3 Å². The van der Waals surface area contributed by atoms with E-state index in [0.717, 1.165) is 22.7 Å². The molecule has 3 atom stereocenters. The first-order valence-electron chi connectivity index (χ1n) is 10.4. The number of likely N-dealkylation sites (tertiary alicyclic amines) is 1. The van der Waals surface area contributed by atoms with Crippen LogP contribution in [0.1, 0.15) is 45.0 Å². The van der Waals surface area contributed by atoms with Crippen molar-refractivity contribution in [3.05, 3.63) is 101 Å². The molecule has 1 aliphatic heterocycles. The number of carbonyl (C=O) groups excluding carboxylic acids is 1. The summed E-state index contributed by atoms with van der Waals surface area (Å²) < 4.78 is 1.88. The van der Waals surface area contributed by atoms with Gasteiger partial charge in [0.1, 0.15) is 5.01 Å². The number of nitrogens with zero attached hydrogens (tertiary/aromatic N) is 6. The van der Waals surface area contributed by atoms with E-state index in [9.17, 15) is 4.79 Å². The van der Waals surface area contributed by atoms with E-state index in [1.807, 2.05) is 51.5 Å². The Kier molecular flexibility index (Phi) is 5.60. The summed E-state index contributed by atoms with van der Waals surface area (Å²) in [6, 6.07) is 9.16. The largest absolute Gasteiger partial charge is 0.324 e. The standard InChI is InChI=1S/C24H22N6OS/c1-2-17-5-3-6-18(13-17)24(31)30-19(16-29-11-4-7-28-29)14-20(21-15-25-8-9-26-21)22(30)23-27-10-12-32-23/h2-13,15,19-20,22H,1,14,16H2/t19?,20-,22-/m1/s1. The number of thiazole rings is 1. The fourth-order valence-electron chi connectivity index (χ4n) is 4.44. The number of benzene rings is 1. The Hall–Kier alpha value is -3.65.